The molecular weight excluding hydrogens is 216 g/mol. The van der Waals surface area contributed by atoms with Crippen LogP contribution < -0.4 is 0 Å². The van der Waals surface area contributed by atoms with Crippen LogP contribution in [0.25, 0.3) is 0 Å². The molecule has 0 aromatic carbocycles. The van der Waals surface area contributed by atoms with Crippen LogP contribution in [0.4, 0.5) is 0 Å². The largest absolute Gasteiger partial charge is 0.481 e. The number of hydrogen-bond acceptors (Lipinski definition) is 3. The van der Waals surface area contributed by atoms with Gasteiger partial charge in [0.2, 0.25) is 0 Å². The van der Waals surface area contributed by atoms with Crippen molar-refractivity contribution >= 4 is 5.97 Å². The summed E-state index contributed by atoms with van der Waals surface area (Å²) in [7, 11) is 4.15. The van der Waals surface area contributed by atoms with E-state index in [1.54, 1.807) is 0 Å². The molecule has 2 atom stereocenters. The van der Waals surface area contributed by atoms with Crippen molar-refractivity contribution in [3.63, 3.8) is 0 Å². The molecule has 1 aliphatic heterocycles. The van der Waals surface area contributed by atoms with Crippen molar-refractivity contribution < 1.29 is 9.90 Å². The molecule has 2 rings (SSSR count). The van der Waals surface area contributed by atoms with E-state index in [1.807, 2.05) is 0 Å². The Labute approximate surface area is 104 Å². The van der Waals surface area contributed by atoms with E-state index in [2.05, 4.69) is 23.9 Å². The van der Waals surface area contributed by atoms with Crippen LogP contribution in [0.15, 0.2) is 0 Å². The van der Waals surface area contributed by atoms with Crippen molar-refractivity contribution in [1.82, 2.24) is 9.80 Å². The first-order chi connectivity index (χ1) is 8.09. The Morgan fingerprint density at radius 2 is 2.06 bits per heavy atom. The van der Waals surface area contributed by atoms with Gasteiger partial charge in [-0.05, 0) is 52.2 Å². The fraction of sp³-hybridized carbons (Fsp3) is 0.923. The third-order valence-corrected chi connectivity index (χ3v) is 4.05. The lowest BCUT2D eigenvalue weighted by molar-refractivity contribution is -0.146. The molecule has 1 heterocycles. The van der Waals surface area contributed by atoms with E-state index in [0.29, 0.717) is 12.0 Å². The summed E-state index contributed by atoms with van der Waals surface area (Å²) >= 11 is 0. The molecule has 1 saturated carbocycles. The van der Waals surface area contributed by atoms with Crippen LogP contribution in [-0.4, -0.2) is 60.6 Å². The summed E-state index contributed by atoms with van der Waals surface area (Å²) < 4.78 is 0. The van der Waals surface area contributed by atoms with Gasteiger partial charge in [0.25, 0.3) is 0 Å². The monoisotopic (exact) mass is 240 g/mol. The van der Waals surface area contributed by atoms with Crippen molar-refractivity contribution in [2.75, 3.05) is 33.7 Å². The minimum absolute atomic E-state index is 0.126. The SMILES string of the molecule is CN(C)CCN1CCC[C@H](C(=O)O)[C@H]1C1CC1. The maximum atomic E-state index is 11.3. The molecule has 1 N–H and O–H groups in total. The Bertz CT molecular complexity index is 277. The van der Waals surface area contributed by atoms with Gasteiger partial charge in [-0.25, -0.2) is 0 Å². The quantitative estimate of drug-likeness (QED) is 0.782. The second-order valence-electron chi connectivity index (χ2n) is 5.75. The van der Waals surface area contributed by atoms with Gasteiger partial charge < -0.3 is 10.0 Å². The van der Waals surface area contributed by atoms with Gasteiger partial charge in [0.15, 0.2) is 0 Å². The van der Waals surface area contributed by atoms with E-state index in [9.17, 15) is 9.90 Å². The summed E-state index contributed by atoms with van der Waals surface area (Å²) in [6, 6.07) is 0.307. The first-order valence-electron chi connectivity index (χ1n) is 6.71. The number of likely N-dealkylation sites (tertiary alicyclic amines) is 1. The van der Waals surface area contributed by atoms with E-state index < -0.39 is 5.97 Å². The second kappa shape index (κ2) is 5.36. The number of hydrogen-bond donors (Lipinski definition) is 1. The summed E-state index contributed by atoms with van der Waals surface area (Å²) in [5.74, 6) is -0.0616. The minimum Gasteiger partial charge on any atom is -0.481 e. The van der Waals surface area contributed by atoms with Crippen LogP contribution in [0.3, 0.4) is 0 Å². The Hall–Kier alpha value is -0.610. The molecule has 17 heavy (non-hydrogen) atoms. The predicted molar refractivity (Wildman–Crippen MR) is 67.0 cm³/mol. The van der Waals surface area contributed by atoms with Gasteiger partial charge in [-0.1, -0.05) is 0 Å². The van der Waals surface area contributed by atoms with E-state index in [1.165, 1.54) is 12.8 Å². The zero-order chi connectivity index (χ0) is 12.4. The molecule has 1 saturated heterocycles. The molecule has 2 fully saturated rings. The summed E-state index contributed by atoms with van der Waals surface area (Å²) in [6.07, 6.45) is 4.36. The van der Waals surface area contributed by atoms with Gasteiger partial charge in [-0.2, -0.15) is 0 Å². The van der Waals surface area contributed by atoms with Crippen LogP contribution in [0.2, 0.25) is 0 Å². The fourth-order valence-corrected chi connectivity index (χ4v) is 3.01. The number of likely N-dealkylation sites (N-methyl/N-ethyl adjacent to an activating group) is 1. The number of carbonyl (C=O) groups is 1. The predicted octanol–water partition coefficient (Wildman–Crippen LogP) is 1.12. The molecule has 1 aliphatic carbocycles. The standard InChI is InChI=1S/C13H24N2O2/c1-14(2)8-9-15-7-3-4-11(13(16)17)12(15)10-5-6-10/h10-12H,3-9H2,1-2H3,(H,16,17)/t11-,12+/m0/s1. The summed E-state index contributed by atoms with van der Waals surface area (Å²) in [6.45, 7) is 3.12. The molecular formula is C13H24N2O2. The first kappa shape index (κ1) is 12.8. The van der Waals surface area contributed by atoms with E-state index >= 15 is 0 Å². The van der Waals surface area contributed by atoms with Gasteiger partial charge >= 0.3 is 5.97 Å². The Morgan fingerprint density at radius 1 is 1.35 bits per heavy atom. The van der Waals surface area contributed by atoms with Crippen LogP contribution >= 0.6 is 0 Å². The topological polar surface area (TPSA) is 43.8 Å². The molecule has 0 unspecified atom stereocenters. The number of nitrogens with zero attached hydrogens (tertiary/aromatic N) is 2. The highest BCUT2D eigenvalue weighted by molar-refractivity contribution is 5.71. The summed E-state index contributed by atoms with van der Waals surface area (Å²) in [5, 5.41) is 9.34. The average Bonchev–Trinajstić information content (AvgIpc) is 3.09. The zero-order valence-electron chi connectivity index (χ0n) is 10.9. The van der Waals surface area contributed by atoms with E-state index in [-0.39, 0.29) is 5.92 Å². The summed E-state index contributed by atoms with van der Waals surface area (Å²) in [5.41, 5.74) is 0. The molecule has 98 valence electrons. The molecule has 0 amide bonds. The Balaban J connectivity index is 1.99. The summed E-state index contributed by atoms with van der Waals surface area (Å²) in [4.78, 5) is 15.9. The number of carboxylic acids is 1. The van der Waals surface area contributed by atoms with Gasteiger partial charge in [0, 0.05) is 19.1 Å². The van der Waals surface area contributed by atoms with E-state index in [0.717, 1.165) is 32.5 Å². The molecule has 0 aromatic heterocycles. The van der Waals surface area contributed by atoms with Crippen LogP contribution in [0, 0.1) is 11.8 Å². The van der Waals surface area contributed by atoms with E-state index in [4.69, 9.17) is 0 Å². The highest BCUT2D eigenvalue weighted by atomic mass is 16.4. The third kappa shape index (κ3) is 3.19. The van der Waals surface area contributed by atoms with Gasteiger partial charge in [0.05, 0.1) is 5.92 Å². The smallest absolute Gasteiger partial charge is 0.308 e. The lowest BCUT2D eigenvalue weighted by atomic mass is 9.86. The van der Waals surface area contributed by atoms with Crippen LogP contribution in [0.1, 0.15) is 25.7 Å². The van der Waals surface area contributed by atoms with Gasteiger partial charge in [-0.15, -0.1) is 0 Å². The highest BCUT2D eigenvalue weighted by Gasteiger charge is 2.44. The molecule has 0 aromatic rings. The molecule has 4 nitrogen and oxygen atoms in total. The first-order valence-corrected chi connectivity index (χ1v) is 6.71. The number of rotatable bonds is 5. The van der Waals surface area contributed by atoms with Gasteiger partial charge in [-0.3, -0.25) is 9.69 Å². The highest BCUT2D eigenvalue weighted by Crippen LogP contribution is 2.42. The van der Waals surface area contributed by atoms with Gasteiger partial charge in [0.1, 0.15) is 0 Å². The minimum atomic E-state index is -0.587. The van der Waals surface area contributed by atoms with Crippen molar-refractivity contribution in [2.45, 2.75) is 31.7 Å². The van der Waals surface area contributed by atoms with Crippen molar-refractivity contribution in [3.8, 4) is 0 Å². The zero-order valence-corrected chi connectivity index (χ0v) is 10.9. The van der Waals surface area contributed by atoms with Crippen molar-refractivity contribution in [2.24, 2.45) is 11.8 Å². The van der Waals surface area contributed by atoms with Crippen molar-refractivity contribution in [3.05, 3.63) is 0 Å². The molecule has 0 bridgehead atoms. The van der Waals surface area contributed by atoms with Crippen molar-refractivity contribution in [1.29, 1.82) is 0 Å². The average molecular weight is 240 g/mol. The maximum absolute atomic E-state index is 11.3. The normalized spacial score (nSPS) is 30.8. The number of aliphatic carboxylic acids is 1. The Morgan fingerprint density at radius 3 is 2.59 bits per heavy atom. The van der Waals surface area contributed by atoms with Crippen LogP contribution in [-0.2, 0) is 4.79 Å². The molecule has 4 heteroatoms. The number of piperidine rings is 1. The Kier molecular flexibility index (Phi) is 4.05. The van der Waals surface area contributed by atoms with Crippen LogP contribution in [0.5, 0.6) is 0 Å². The fourth-order valence-electron chi connectivity index (χ4n) is 3.01. The lowest BCUT2D eigenvalue weighted by Crippen LogP contribution is -2.51. The molecule has 2 aliphatic rings. The molecule has 0 spiro atoms. The second-order valence-corrected chi connectivity index (χ2v) is 5.75. The number of carboxylic acid groups (broad SMARTS) is 1. The molecule has 0 radical (unpaired) electrons. The maximum Gasteiger partial charge on any atom is 0.308 e. The lowest BCUT2D eigenvalue weighted by Gasteiger charge is -2.40. The third-order valence-electron chi connectivity index (χ3n) is 4.05.